The van der Waals surface area contributed by atoms with Crippen LogP contribution in [0.2, 0.25) is 18.1 Å². The third-order valence-corrected chi connectivity index (χ3v) is 8.80. The Morgan fingerprint density at radius 2 is 1.61 bits per heavy atom. The standard InChI is InChI=1S/C15H34O2Si/c1-13(12-16)10-9-11-15(5,6)17-18(7,8)14(2,3)4/h13,16H,9-12H2,1-8H3/t13-/m0/s1. The molecule has 1 atom stereocenters. The van der Waals surface area contributed by atoms with Gasteiger partial charge in [-0.05, 0) is 50.7 Å². The van der Waals surface area contributed by atoms with Gasteiger partial charge in [0.25, 0.3) is 0 Å². The second-order valence-corrected chi connectivity index (χ2v) is 12.5. The summed E-state index contributed by atoms with van der Waals surface area (Å²) in [7, 11) is -1.68. The van der Waals surface area contributed by atoms with Crippen LogP contribution in [0, 0.1) is 5.92 Å². The van der Waals surface area contributed by atoms with Crippen molar-refractivity contribution in [3.63, 3.8) is 0 Å². The molecule has 3 heteroatoms. The largest absolute Gasteiger partial charge is 0.412 e. The van der Waals surface area contributed by atoms with Gasteiger partial charge in [-0.1, -0.05) is 34.1 Å². The van der Waals surface area contributed by atoms with Gasteiger partial charge in [0.05, 0.1) is 5.60 Å². The number of aliphatic hydroxyl groups is 1. The van der Waals surface area contributed by atoms with Crippen molar-refractivity contribution in [3.05, 3.63) is 0 Å². The molecule has 0 aromatic rings. The molecule has 0 fully saturated rings. The molecule has 0 bridgehead atoms. The van der Waals surface area contributed by atoms with Crippen molar-refractivity contribution < 1.29 is 9.53 Å². The van der Waals surface area contributed by atoms with Crippen molar-refractivity contribution in [3.8, 4) is 0 Å². The molecule has 0 amide bonds. The van der Waals surface area contributed by atoms with E-state index in [0.29, 0.717) is 12.5 Å². The fourth-order valence-corrected chi connectivity index (χ4v) is 3.65. The van der Waals surface area contributed by atoms with Gasteiger partial charge in [0.15, 0.2) is 8.32 Å². The predicted molar refractivity (Wildman–Crippen MR) is 82.5 cm³/mol. The van der Waals surface area contributed by atoms with Crippen LogP contribution in [-0.4, -0.2) is 25.6 Å². The lowest BCUT2D eigenvalue weighted by Gasteiger charge is -2.43. The molecule has 0 aliphatic carbocycles. The van der Waals surface area contributed by atoms with E-state index >= 15 is 0 Å². The first-order valence-electron chi connectivity index (χ1n) is 7.22. The van der Waals surface area contributed by atoms with Gasteiger partial charge >= 0.3 is 0 Å². The highest BCUT2D eigenvalue weighted by molar-refractivity contribution is 6.74. The van der Waals surface area contributed by atoms with Gasteiger partial charge in [0, 0.05) is 6.61 Å². The third-order valence-electron chi connectivity index (χ3n) is 4.13. The van der Waals surface area contributed by atoms with Gasteiger partial charge in [-0.25, -0.2) is 0 Å². The van der Waals surface area contributed by atoms with Crippen molar-refractivity contribution in [1.82, 2.24) is 0 Å². The average molecular weight is 275 g/mol. The minimum Gasteiger partial charge on any atom is -0.412 e. The van der Waals surface area contributed by atoms with Crippen LogP contribution < -0.4 is 0 Å². The molecule has 18 heavy (non-hydrogen) atoms. The molecule has 0 aliphatic rings. The lowest BCUT2D eigenvalue weighted by Crippen LogP contribution is -2.47. The van der Waals surface area contributed by atoms with E-state index in [9.17, 15) is 0 Å². The van der Waals surface area contributed by atoms with Gasteiger partial charge in [-0.3, -0.25) is 0 Å². The zero-order valence-electron chi connectivity index (χ0n) is 13.8. The quantitative estimate of drug-likeness (QED) is 0.688. The maximum atomic E-state index is 9.03. The summed E-state index contributed by atoms with van der Waals surface area (Å²) in [4.78, 5) is 0. The van der Waals surface area contributed by atoms with Crippen LogP contribution in [-0.2, 0) is 4.43 Å². The molecule has 2 nitrogen and oxygen atoms in total. The molecule has 0 saturated carbocycles. The van der Waals surface area contributed by atoms with Crippen LogP contribution in [0.3, 0.4) is 0 Å². The van der Waals surface area contributed by atoms with E-state index in [1.165, 1.54) is 0 Å². The smallest absolute Gasteiger partial charge is 0.192 e. The van der Waals surface area contributed by atoms with Gasteiger partial charge < -0.3 is 9.53 Å². The molecule has 0 radical (unpaired) electrons. The summed E-state index contributed by atoms with van der Waals surface area (Å²) >= 11 is 0. The van der Waals surface area contributed by atoms with E-state index in [0.717, 1.165) is 19.3 Å². The highest BCUT2D eigenvalue weighted by Crippen LogP contribution is 2.40. The summed E-state index contributed by atoms with van der Waals surface area (Å²) in [6.45, 7) is 18.3. The Hall–Kier alpha value is 0.137. The first-order valence-corrected chi connectivity index (χ1v) is 10.1. The second-order valence-electron chi connectivity index (χ2n) is 7.80. The van der Waals surface area contributed by atoms with Crippen molar-refractivity contribution in [2.24, 2.45) is 5.92 Å². The Balaban J connectivity index is 4.31. The molecule has 110 valence electrons. The minimum atomic E-state index is -1.68. The van der Waals surface area contributed by atoms with Gasteiger partial charge in [0.1, 0.15) is 0 Å². The summed E-state index contributed by atoms with van der Waals surface area (Å²) in [6.07, 6.45) is 3.29. The third kappa shape index (κ3) is 6.35. The number of rotatable bonds is 7. The molecule has 0 aromatic heterocycles. The molecule has 0 unspecified atom stereocenters. The zero-order chi connectivity index (χ0) is 14.6. The van der Waals surface area contributed by atoms with E-state index in [1.54, 1.807) is 0 Å². The van der Waals surface area contributed by atoms with E-state index < -0.39 is 8.32 Å². The highest BCUT2D eigenvalue weighted by atomic mass is 28.4. The fraction of sp³-hybridized carbons (Fsp3) is 1.00. The molecule has 0 spiro atoms. The predicted octanol–water partition coefficient (Wildman–Crippen LogP) is 4.59. The second kappa shape index (κ2) is 6.53. The highest BCUT2D eigenvalue weighted by Gasteiger charge is 2.41. The number of aliphatic hydroxyl groups excluding tert-OH is 1. The van der Waals surface area contributed by atoms with Crippen LogP contribution in [0.5, 0.6) is 0 Å². The summed E-state index contributed by atoms with van der Waals surface area (Å²) in [6, 6.07) is 0. The SMILES string of the molecule is C[C@H](CO)CCCC(C)(C)O[Si](C)(C)C(C)(C)C. The fourth-order valence-electron chi connectivity index (χ4n) is 1.86. The zero-order valence-corrected chi connectivity index (χ0v) is 14.8. The first-order chi connectivity index (χ1) is 7.91. The molecule has 1 N–H and O–H groups in total. The molecule has 0 aromatic carbocycles. The van der Waals surface area contributed by atoms with E-state index in [4.69, 9.17) is 9.53 Å². The Labute approximate surface area is 115 Å². The molecule has 0 rings (SSSR count). The van der Waals surface area contributed by atoms with E-state index in [2.05, 4.69) is 54.6 Å². The van der Waals surface area contributed by atoms with Crippen LogP contribution in [0.15, 0.2) is 0 Å². The van der Waals surface area contributed by atoms with Gasteiger partial charge in [-0.2, -0.15) is 0 Å². The van der Waals surface area contributed by atoms with Crippen LogP contribution in [0.4, 0.5) is 0 Å². The Kier molecular flexibility index (Phi) is 6.58. The minimum absolute atomic E-state index is 0.0435. The van der Waals surface area contributed by atoms with Crippen LogP contribution >= 0.6 is 0 Å². The Morgan fingerprint density at radius 1 is 1.11 bits per heavy atom. The summed E-state index contributed by atoms with van der Waals surface area (Å²) in [5, 5.41) is 9.30. The van der Waals surface area contributed by atoms with Crippen molar-refractivity contribution >= 4 is 8.32 Å². The average Bonchev–Trinajstić information content (AvgIpc) is 2.13. The van der Waals surface area contributed by atoms with Crippen molar-refractivity contribution in [1.29, 1.82) is 0 Å². The van der Waals surface area contributed by atoms with Gasteiger partial charge in [-0.15, -0.1) is 0 Å². The van der Waals surface area contributed by atoms with Crippen molar-refractivity contribution in [2.45, 2.75) is 84.5 Å². The maximum Gasteiger partial charge on any atom is 0.192 e. The summed E-state index contributed by atoms with van der Waals surface area (Å²) in [5.41, 5.74) is -0.0435. The number of hydrogen-bond acceptors (Lipinski definition) is 2. The van der Waals surface area contributed by atoms with Crippen LogP contribution in [0.1, 0.15) is 60.8 Å². The van der Waals surface area contributed by atoms with E-state index in [-0.39, 0.29) is 10.6 Å². The lowest BCUT2D eigenvalue weighted by molar-refractivity contribution is 0.0769. The lowest BCUT2D eigenvalue weighted by atomic mass is 9.97. The molecular formula is C15H34O2Si. The topological polar surface area (TPSA) is 29.5 Å². The normalized spacial score (nSPS) is 15.8. The summed E-state index contributed by atoms with van der Waals surface area (Å²) < 4.78 is 6.48. The molecule has 0 heterocycles. The Bertz CT molecular complexity index is 241. The van der Waals surface area contributed by atoms with E-state index in [1.807, 2.05) is 0 Å². The number of hydrogen-bond donors (Lipinski definition) is 1. The van der Waals surface area contributed by atoms with Crippen molar-refractivity contribution in [2.75, 3.05) is 6.61 Å². The monoisotopic (exact) mass is 274 g/mol. The molecule has 0 saturated heterocycles. The van der Waals surface area contributed by atoms with Gasteiger partial charge in [0.2, 0.25) is 0 Å². The first kappa shape index (κ1) is 18.1. The molecule has 0 aliphatic heterocycles. The Morgan fingerprint density at radius 3 is 2.00 bits per heavy atom. The maximum absolute atomic E-state index is 9.03. The van der Waals surface area contributed by atoms with Crippen LogP contribution in [0.25, 0.3) is 0 Å². The summed E-state index contributed by atoms with van der Waals surface area (Å²) in [5.74, 6) is 0.411. The molecular weight excluding hydrogens is 240 g/mol.